The number of aliphatic hydroxyl groups excluding tert-OH is 1. The predicted molar refractivity (Wildman–Crippen MR) is 122 cm³/mol. The van der Waals surface area contributed by atoms with Gasteiger partial charge >= 0.3 is 0 Å². The van der Waals surface area contributed by atoms with Crippen molar-refractivity contribution < 1.29 is 9.50 Å². The molecule has 3 aliphatic rings. The molecule has 166 valence electrons. The fourth-order valence-electron chi connectivity index (χ4n) is 6.86. The maximum Gasteiger partial charge on any atom is 0.106 e. The van der Waals surface area contributed by atoms with Gasteiger partial charge < -0.3 is 5.11 Å². The molecule has 0 amide bonds. The van der Waals surface area contributed by atoms with Gasteiger partial charge in [-0.25, -0.2) is 4.39 Å². The van der Waals surface area contributed by atoms with Gasteiger partial charge in [0.05, 0.1) is 6.10 Å². The van der Waals surface area contributed by atoms with E-state index in [0.717, 1.165) is 17.4 Å². The molecule has 3 saturated carbocycles. The quantitative estimate of drug-likeness (QED) is 0.496. The average molecular weight is 405 g/mol. The molecule has 0 spiro atoms. The van der Waals surface area contributed by atoms with Crippen molar-refractivity contribution in [1.82, 2.24) is 0 Å². The van der Waals surface area contributed by atoms with Crippen molar-refractivity contribution in [1.29, 1.82) is 0 Å². The molecule has 1 nitrogen and oxygen atoms in total. The van der Waals surface area contributed by atoms with Crippen LogP contribution in [-0.4, -0.2) is 17.4 Å². The summed E-state index contributed by atoms with van der Waals surface area (Å²) >= 11 is 0. The smallest absolute Gasteiger partial charge is 0.106 e. The van der Waals surface area contributed by atoms with Gasteiger partial charge in [-0.15, -0.1) is 0 Å². The van der Waals surface area contributed by atoms with Crippen LogP contribution in [0.25, 0.3) is 0 Å². The minimum Gasteiger partial charge on any atom is -0.393 e. The predicted octanol–water partition coefficient (Wildman–Crippen LogP) is 7.79. The Bertz CT molecular complexity index is 601. The number of halogens is 1. The zero-order valence-electron chi connectivity index (χ0n) is 19.6. The number of hydrogen-bond donors (Lipinski definition) is 1. The number of hydrogen-bond acceptors (Lipinski definition) is 1. The molecule has 0 aromatic heterocycles. The van der Waals surface area contributed by atoms with Gasteiger partial charge in [0.15, 0.2) is 0 Å². The zero-order chi connectivity index (χ0) is 21.2. The normalized spacial score (nSPS) is 39.7. The Morgan fingerprint density at radius 2 is 1.97 bits per heavy atom. The highest BCUT2D eigenvalue weighted by Crippen LogP contribution is 2.60. The number of rotatable bonds is 5. The highest BCUT2D eigenvalue weighted by Gasteiger charge is 2.50. The molecule has 0 unspecified atom stereocenters. The van der Waals surface area contributed by atoms with Gasteiger partial charge in [0, 0.05) is 12.8 Å². The SMILES string of the molecule is C[C@H](CCCC(C)(C)C)[C@H]1CC[C@H]2/C(=C/C=C3/C[C@@H](O)C[C@H](F)C3)CCC[C@]12C. The lowest BCUT2D eigenvalue weighted by Gasteiger charge is -2.44. The molecule has 0 aliphatic heterocycles. The van der Waals surface area contributed by atoms with E-state index >= 15 is 0 Å². The summed E-state index contributed by atoms with van der Waals surface area (Å²) in [5.41, 5.74) is 3.59. The molecule has 0 aromatic carbocycles. The lowest BCUT2D eigenvalue weighted by molar-refractivity contribution is 0.0920. The highest BCUT2D eigenvalue weighted by molar-refractivity contribution is 5.26. The summed E-state index contributed by atoms with van der Waals surface area (Å²) in [7, 11) is 0. The lowest BCUT2D eigenvalue weighted by Crippen LogP contribution is -2.36. The molecule has 0 saturated heterocycles. The lowest BCUT2D eigenvalue weighted by atomic mass is 9.60. The molecule has 2 heteroatoms. The van der Waals surface area contributed by atoms with E-state index < -0.39 is 12.3 Å². The summed E-state index contributed by atoms with van der Waals surface area (Å²) in [6.07, 6.45) is 15.2. The molecule has 3 fully saturated rings. The third kappa shape index (κ3) is 5.75. The highest BCUT2D eigenvalue weighted by atomic mass is 19.1. The Morgan fingerprint density at radius 1 is 1.21 bits per heavy atom. The largest absolute Gasteiger partial charge is 0.393 e. The van der Waals surface area contributed by atoms with Gasteiger partial charge in [0.25, 0.3) is 0 Å². The molecule has 0 aromatic rings. The van der Waals surface area contributed by atoms with E-state index in [1.807, 2.05) is 0 Å². The van der Waals surface area contributed by atoms with Crippen LogP contribution in [0.2, 0.25) is 0 Å². The Hall–Kier alpha value is -0.630. The van der Waals surface area contributed by atoms with Crippen LogP contribution in [0.3, 0.4) is 0 Å². The van der Waals surface area contributed by atoms with E-state index in [4.69, 9.17) is 0 Å². The minimum atomic E-state index is -0.871. The van der Waals surface area contributed by atoms with E-state index in [1.165, 1.54) is 51.4 Å². The Morgan fingerprint density at radius 3 is 2.66 bits per heavy atom. The Kier molecular flexibility index (Phi) is 7.35. The first-order valence-electron chi connectivity index (χ1n) is 12.3. The van der Waals surface area contributed by atoms with E-state index in [1.54, 1.807) is 5.57 Å². The van der Waals surface area contributed by atoms with Crippen molar-refractivity contribution in [2.75, 3.05) is 0 Å². The number of alkyl halides is 1. The van der Waals surface area contributed by atoms with E-state index in [9.17, 15) is 9.50 Å². The van der Waals surface area contributed by atoms with E-state index in [0.29, 0.717) is 36.0 Å². The summed E-state index contributed by atoms with van der Waals surface area (Å²) in [6.45, 7) is 12.1. The molecule has 3 aliphatic carbocycles. The van der Waals surface area contributed by atoms with Crippen molar-refractivity contribution in [2.24, 2.45) is 28.6 Å². The molecule has 0 heterocycles. The van der Waals surface area contributed by atoms with Gasteiger partial charge in [-0.05, 0) is 73.5 Å². The van der Waals surface area contributed by atoms with Crippen molar-refractivity contribution in [3.63, 3.8) is 0 Å². The number of aliphatic hydroxyl groups is 1. The van der Waals surface area contributed by atoms with Crippen LogP contribution in [0.15, 0.2) is 23.3 Å². The summed E-state index contributed by atoms with van der Waals surface area (Å²) in [4.78, 5) is 0. The van der Waals surface area contributed by atoms with Crippen molar-refractivity contribution in [3.8, 4) is 0 Å². The molecular weight excluding hydrogens is 359 g/mol. The second-order valence-corrected chi connectivity index (χ2v) is 12.0. The molecule has 0 bridgehead atoms. The second-order valence-electron chi connectivity index (χ2n) is 12.0. The van der Waals surface area contributed by atoms with Crippen LogP contribution < -0.4 is 0 Å². The molecule has 3 rings (SSSR count). The van der Waals surface area contributed by atoms with Gasteiger partial charge in [0.1, 0.15) is 6.17 Å². The summed E-state index contributed by atoms with van der Waals surface area (Å²) in [5.74, 6) is 2.36. The van der Waals surface area contributed by atoms with Crippen LogP contribution in [0.4, 0.5) is 4.39 Å². The zero-order valence-corrected chi connectivity index (χ0v) is 19.6. The van der Waals surface area contributed by atoms with Crippen molar-refractivity contribution in [3.05, 3.63) is 23.3 Å². The minimum absolute atomic E-state index is 0.309. The maximum absolute atomic E-state index is 13.8. The van der Waals surface area contributed by atoms with Crippen LogP contribution in [0.5, 0.6) is 0 Å². The van der Waals surface area contributed by atoms with Gasteiger partial charge in [-0.2, -0.15) is 0 Å². The first-order chi connectivity index (χ1) is 13.6. The first kappa shape index (κ1) is 23.0. The molecular formula is C27H45FO. The fraction of sp³-hybridized carbons (Fsp3) is 0.852. The summed E-state index contributed by atoms with van der Waals surface area (Å²) < 4.78 is 13.8. The van der Waals surface area contributed by atoms with Crippen LogP contribution in [-0.2, 0) is 0 Å². The molecule has 0 radical (unpaired) electrons. The van der Waals surface area contributed by atoms with Gasteiger partial charge in [0.2, 0.25) is 0 Å². The van der Waals surface area contributed by atoms with Gasteiger partial charge in [-0.1, -0.05) is 70.8 Å². The van der Waals surface area contributed by atoms with Crippen molar-refractivity contribution in [2.45, 2.75) is 118 Å². The van der Waals surface area contributed by atoms with Gasteiger partial charge in [-0.3, -0.25) is 0 Å². The molecule has 29 heavy (non-hydrogen) atoms. The van der Waals surface area contributed by atoms with E-state index in [-0.39, 0.29) is 0 Å². The average Bonchev–Trinajstić information content (AvgIpc) is 2.95. The molecule has 1 N–H and O–H groups in total. The second kappa shape index (κ2) is 9.25. The monoisotopic (exact) mass is 404 g/mol. The van der Waals surface area contributed by atoms with Crippen LogP contribution in [0.1, 0.15) is 105 Å². The standard InChI is InChI=1S/C27H45FO/c1-19(8-6-14-26(2,3)4)24-12-13-25-21(9-7-15-27(24,25)5)11-10-20-16-22(28)18-23(29)17-20/h10-11,19,22-25,29H,6-9,12-18H2,1-5H3/b20-10+,21-11+/t19-,22-,23-,24-,25+,27-/m1/s1. The number of allylic oxidation sites excluding steroid dienone is 3. The first-order valence-corrected chi connectivity index (χ1v) is 12.3. The topological polar surface area (TPSA) is 20.2 Å². The van der Waals surface area contributed by atoms with Crippen molar-refractivity contribution >= 4 is 0 Å². The summed E-state index contributed by atoms with van der Waals surface area (Å²) in [6, 6.07) is 0. The molecule has 6 atom stereocenters. The van der Waals surface area contributed by atoms with Crippen LogP contribution in [0, 0.1) is 28.6 Å². The van der Waals surface area contributed by atoms with E-state index in [2.05, 4.69) is 46.8 Å². The Labute approximate surface area is 179 Å². The number of fused-ring (bicyclic) bond motifs is 1. The summed E-state index contributed by atoms with van der Waals surface area (Å²) in [5, 5.41) is 9.89. The Balaban J connectivity index is 1.66. The van der Waals surface area contributed by atoms with Crippen LogP contribution >= 0.6 is 0 Å². The third-order valence-electron chi connectivity index (χ3n) is 8.35. The fourth-order valence-corrected chi connectivity index (χ4v) is 6.86. The third-order valence-corrected chi connectivity index (χ3v) is 8.35. The maximum atomic E-state index is 13.8.